The highest BCUT2D eigenvalue weighted by Crippen LogP contribution is 2.30. The number of nitrogens with two attached hydrogens (primary N) is 1. The van der Waals surface area contributed by atoms with E-state index in [4.69, 9.17) is 5.73 Å². The van der Waals surface area contributed by atoms with Gasteiger partial charge in [-0.25, -0.2) is 0 Å². The molecular weight excluding hydrogens is 260 g/mol. The number of hydrogen-bond acceptors (Lipinski definition) is 5. The molecule has 2 aromatic rings. The maximum Gasteiger partial charge on any atom is 0.257 e. The van der Waals surface area contributed by atoms with Crippen molar-refractivity contribution >= 4 is 28.3 Å². The first kappa shape index (κ1) is 13.4. The molecule has 1 aromatic heterocycles. The van der Waals surface area contributed by atoms with Gasteiger partial charge >= 0.3 is 0 Å². The lowest BCUT2D eigenvalue weighted by Gasteiger charge is -2.14. The minimum absolute atomic E-state index is 0.0736. The SMILES string of the molecule is CNC(=O)c1c(N)nsc1NC(C)c1ccccc1. The quantitative estimate of drug-likeness (QED) is 0.800. The molecule has 0 bridgehead atoms. The van der Waals surface area contributed by atoms with Gasteiger partial charge in [-0.15, -0.1) is 0 Å². The zero-order valence-corrected chi connectivity index (χ0v) is 11.6. The first-order valence-electron chi connectivity index (χ1n) is 5.92. The average molecular weight is 276 g/mol. The maximum atomic E-state index is 11.8. The summed E-state index contributed by atoms with van der Waals surface area (Å²) in [5, 5.41) is 6.54. The molecule has 100 valence electrons. The van der Waals surface area contributed by atoms with E-state index in [9.17, 15) is 4.79 Å². The van der Waals surface area contributed by atoms with E-state index in [0.717, 1.165) is 5.56 Å². The Morgan fingerprint density at radius 2 is 2.05 bits per heavy atom. The summed E-state index contributed by atoms with van der Waals surface area (Å²) in [7, 11) is 1.57. The summed E-state index contributed by atoms with van der Waals surface area (Å²) in [4.78, 5) is 11.8. The number of nitrogen functional groups attached to an aromatic ring is 1. The Bertz CT molecular complexity index is 567. The number of amides is 1. The molecule has 4 N–H and O–H groups in total. The summed E-state index contributed by atoms with van der Waals surface area (Å²) < 4.78 is 4.03. The number of hydrogen-bond donors (Lipinski definition) is 3. The second-order valence-electron chi connectivity index (χ2n) is 4.13. The van der Waals surface area contributed by atoms with Crippen LogP contribution in [0.3, 0.4) is 0 Å². The number of rotatable bonds is 4. The molecule has 1 aromatic carbocycles. The molecule has 19 heavy (non-hydrogen) atoms. The van der Waals surface area contributed by atoms with E-state index in [-0.39, 0.29) is 17.8 Å². The fourth-order valence-corrected chi connectivity index (χ4v) is 2.57. The van der Waals surface area contributed by atoms with E-state index in [1.54, 1.807) is 7.05 Å². The van der Waals surface area contributed by atoms with E-state index >= 15 is 0 Å². The molecule has 0 aliphatic carbocycles. The molecular formula is C13H16N4OS. The highest BCUT2D eigenvalue weighted by molar-refractivity contribution is 7.11. The molecule has 1 amide bonds. The molecule has 0 radical (unpaired) electrons. The zero-order valence-electron chi connectivity index (χ0n) is 10.8. The smallest absolute Gasteiger partial charge is 0.257 e. The second-order valence-corrected chi connectivity index (χ2v) is 4.90. The standard InChI is InChI=1S/C13H16N4OS/c1-8(9-6-4-3-5-7-9)16-13-10(12(18)15-2)11(14)17-19-13/h3-8,16H,1-2H3,(H2,14,17)(H,15,18). The largest absolute Gasteiger partial charge is 0.382 e. The summed E-state index contributed by atoms with van der Waals surface area (Å²) in [6.45, 7) is 2.03. The molecule has 1 unspecified atom stereocenters. The third kappa shape index (κ3) is 2.85. The topological polar surface area (TPSA) is 80.0 Å². The van der Waals surface area contributed by atoms with Gasteiger partial charge in [0.25, 0.3) is 5.91 Å². The van der Waals surface area contributed by atoms with Gasteiger partial charge in [-0.3, -0.25) is 4.79 Å². The van der Waals surface area contributed by atoms with Crippen LogP contribution in [0.4, 0.5) is 10.8 Å². The van der Waals surface area contributed by atoms with Gasteiger partial charge in [0.2, 0.25) is 0 Å². The monoisotopic (exact) mass is 276 g/mol. The molecule has 0 aliphatic rings. The van der Waals surface area contributed by atoms with Crippen LogP contribution in [0.1, 0.15) is 28.9 Å². The van der Waals surface area contributed by atoms with E-state index in [0.29, 0.717) is 10.6 Å². The number of nitrogens with one attached hydrogen (secondary N) is 2. The van der Waals surface area contributed by atoms with Gasteiger partial charge in [0.15, 0.2) is 5.82 Å². The number of carbonyl (C=O) groups is 1. The molecule has 1 atom stereocenters. The van der Waals surface area contributed by atoms with Gasteiger partial charge < -0.3 is 16.4 Å². The van der Waals surface area contributed by atoms with Crippen molar-refractivity contribution in [1.29, 1.82) is 0 Å². The number of anilines is 2. The van der Waals surface area contributed by atoms with Crippen LogP contribution in [0.2, 0.25) is 0 Å². The summed E-state index contributed by atoms with van der Waals surface area (Å²) in [5.74, 6) is 0.0288. The lowest BCUT2D eigenvalue weighted by molar-refractivity contribution is 0.0965. The summed E-state index contributed by atoms with van der Waals surface area (Å²) in [5.41, 5.74) is 7.28. The molecule has 0 spiro atoms. The third-order valence-corrected chi connectivity index (χ3v) is 3.61. The van der Waals surface area contributed by atoms with E-state index in [2.05, 4.69) is 15.0 Å². The Morgan fingerprint density at radius 3 is 2.68 bits per heavy atom. The molecule has 6 heteroatoms. The predicted molar refractivity (Wildman–Crippen MR) is 78.4 cm³/mol. The minimum atomic E-state index is -0.228. The Hall–Kier alpha value is -2.08. The number of carbonyl (C=O) groups excluding carboxylic acids is 1. The first-order valence-corrected chi connectivity index (χ1v) is 6.69. The normalized spacial score (nSPS) is 11.9. The molecule has 0 aliphatic heterocycles. The predicted octanol–water partition coefficient (Wildman–Crippen LogP) is 2.26. The van der Waals surface area contributed by atoms with E-state index in [1.165, 1.54) is 11.5 Å². The van der Waals surface area contributed by atoms with Gasteiger partial charge in [-0.05, 0) is 24.0 Å². The third-order valence-electron chi connectivity index (χ3n) is 2.82. The van der Waals surface area contributed by atoms with Crippen LogP contribution in [0.15, 0.2) is 30.3 Å². The van der Waals surface area contributed by atoms with Gasteiger partial charge in [0.05, 0.1) is 0 Å². The van der Waals surface area contributed by atoms with Crippen molar-refractivity contribution in [3.63, 3.8) is 0 Å². The van der Waals surface area contributed by atoms with Crippen LogP contribution in [-0.4, -0.2) is 17.3 Å². The van der Waals surface area contributed by atoms with Crippen LogP contribution >= 0.6 is 11.5 Å². The molecule has 1 heterocycles. The average Bonchev–Trinajstić information content (AvgIpc) is 2.80. The second kappa shape index (κ2) is 5.71. The van der Waals surface area contributed by atoms with Crippen molar-refractivity contribution in [2.75, 3.05) is 18.1 Å². The highest BCUT2D eigenvalue weighted by atomic mass is 32.1. The van der Waals surface area contributed by atoms with E-state index in [1.807, 2.05) is 37.3 Å². The lowest BCUT2D eigenvalue weighted by Crippen LogP contribution is -2.20. The molecule has 0 saturated heterocycles. The number of benzene rings is 1. The van der Waals surface area contributed by atoms with Crippen molar-refractivity contribution in [1.82, 2.24) is 9.69 Å². The molecule has 0 fully saturated rings. The van der Waals surface area contributed by atoms with Crippen molar-refractivity contribution in [3.05, 3.63) is 41.5 Å². The molecule has 0 saturated carbocycles. The first-order chi connectivity index (χ1) is 9.13. The van der Waals surface area contributed by atoms with Crippen LogP contribution in [0.25, 0.3) is 0 Å². The summed E-state index contributed by atoms with van der Waals surface area (Å²) in [6.07, 6.45) is 0. The van der Waals surface area contributed by atoms with Crippen molar-refractivity contribution < 1.29 is 4.79 Å². The fourth-order valence-electron chi connectivity index (χ4n) is 1.77. The Labute approximate surface area is 116 Å². The van der Waals surface area contributed by atoms with Gasteiger partial charge in [0, 0.05) is 13.1 Å². The van der Waals surface area contributed by atoms with Gasteiger partial charge in [-0.1, -0.05) is 30.3 Å². The summed E-state index contributed by atoms with van der Waals surface area (Å²) in [6, 6.07) is 10.1. The zero-order chi connectivity index (χ0) is 13.8. The summed E-state index contributed by atoms with van der Waals surface area (Å²) >= 11 is 1.20. The number of nitrogens with zero attached hydrogens (tertiary/aromatic N) is 1. The Morgan fingerprint density at radius 1 is 1.37 bits per heavy atom. The van der Waals surface area contributed by atoms with Crippen LogP contribution < -0.4 is 16.4 Å². The Balaban J connectivity index is 2.22. The van der Waals surface area contributed by atoms with Crippen LogP contribution in [0, 0.1) is 0 Å². The Kier molecular flexibility index (Phi) is 4.01. The minimum Gasteiger partial charge on any atom is -0.382 e. The molecule has 2 rings (SSSR count). The van der Waals surface area contributed by atoms with Gasteiger partial charge in [0.1, 0.15) is 10.6 Å². The fraction of sp³-hybridized carbons (Fsp3) is 0.231. The molecule has 5 nitrogen and oxygen atoms in total. The lowest BCUT2D eigenvalue weighted by atomic mass is 10.1. The van der Waals surface area contributed by atoms with Crippen molar-refractivity contribution in [2.24, 2.45) is 0 Å². The van der Waals surface area contributed by atoms with Crippen molar-refractivity contribution in [3.8, 4) is 0 Å². The van der Waals surface area contributed by atoms with Crippen LogP contribution in [0.5, 0.6) is 0 Å². The highest BCUT2D eigenvalue weighted by Gasteiger charge is 2.19. The van der Waals surface area contributed by atoms with E-state index < -0.39 is 0 Å². The van der Waals surface area contributed by atoms with Crippen molar-refractivity contribution in [2.45, 2.75) is 13.0 Å². The number of aromatic nitrogens is 1. The van der Waals surface area contributed by atoms with Gasteiger partial charge in [-0.2, -0.15) is 4.37 Å². The maximum absolute atomic E-state index is 11.8. The van der Waals surface area contributed by atoms with Crippen LogP contribution in [-0.2, 0) is 0 Å².